The SMILES string of the molecule is CC1=C(/C=C/C(C)=C/C=C/C(C)=C/C(=O)C(C)(C)C)C(C)(C)CCC1. The van der Waals surface area contributed by atoms with E-state index in [0.29, 0.717) is 0 Å². The van der Waals surface area contributed by atoms with Gasteiger partial charge in [0.05, 0.1) is 0 Å². The van der Waals surface area contributed by atoms with E-state index < -0.39 is 0 Å². The smallest absolute Gasteiger partial charge is 0.161 e. The van der Waals surface area contributed by atoms with Crippen LogP contribution in [0, 0.1) is 10.8 Å². The normalized spacial score (nSPS) is 20.0. The Morgan fingerprint density at radius 1 is 1.08 bits per heavy atom. The van der Waals surface area contributed by atoms with Crippen LogP contribution in [0.3, 0.4) is 0 Å². The molecule has 0 unspecified atom stereocenters. The number of allylic oxidation sites excluding steroid dienone is 10. The predicted octanol–water partition coefficient (Wildman–Crippen LogP) is 7.13. The van der Waals surface area contributed by atoms with Crippen LogP contribution in [0.5, 0.6) is 0 Å². The molecule has 1 rings (SSSR count). The lowest BCUT2D eigenvalue weighted by molar-refractivity contribution is -0.121. The largest absolute Gasteiger partial charge is 0.294 e. The van der Waals surface area contributed by atoms with Crippen LogP contribution in [-0.2, 0) is 4.79 Å². The molecule has 0 aromatic carbocycles. The maximum absolute atomic E-state index is 12.0. The van der Waals surface area contributed by atoms with Gasteiger partial charge in [-0.15, -0.1) is 0 Å². The molecule has 1 aliphatic carbocycles. The Bertz CT molecular complexity index is 640. The fraction of sp³-hybridized carbons (Fsp3) is 0.542. The highest BCUT2D eigenvalue weighted by molar-refractivity contribution is 5.94. The molecule has 138 valence electrons. The van der Waals surface area contributed by atoms with Gasteiger partial charge in [-0.25, -0.2) is 0 Å². The zero-order chi connectivity index (χ0) is 19.3. The second-order valence-corrected chi connectivity index (χ2v) is 9.04. The van der Waals surface area contributed by atoms with Crippen LogP contribution >= 0.6 is 0 Å². The molecule has 0 amide bonds. The zero-order valence-electron chi connectivity index (χ0n) is 17.5. The number of hydrogen-bond donors (Lipinski definition) is 0. The quantitative estimate of drug-likeness (QED) is 0.384. The van der Waals surface area contributed by atoms with Gasteiger partial charge in [0.2, 0.25) is 0 Å². The monoisotopic (exact) mass is 340 g/mol. The van der Waals surface area contributed by atoms with Crippen molar-refractivity contribution in [3.8, 4) is 0 Å². The molecule has 1 nitrogen and oxygen atoms in total. The van der Waals surface area contributed by atoms with Gasteiger partial charge >= 0.3 is 0 Å². The van der Waals surface area contributed by atoms with Crippen molar-refractivity contribution < 1.29 is 4.79 Å². The molecule has 0 saturated heterocycles. The van der Waals surface area contributed by atoms with E-state index in [-0.39, 0.29) is 16.6 Å². The summed E-state index contributed by atoms with van der Waals surface area (Å²) in [5, 5.41) is 0. The lowest BCUT2D eigenvalue weighted by Crippen LogP contribution is -2.19. The van der Waals surface area contributed by atoms with Crippen molar-refractivity contribution in [1.82, 2.24) is 0 Å². The van der Waals surface area contributed by atoms with E-state index in [2.05, 4.69) is 45.9 Å². The lowest BCUT2D eigenvalue weighted by atomic mass is 9.72. The summed E-state index contributed by atoms with van der Waals surface area (Å²) in [6.07, 6.45) is 16.1. The number of carbonyl (C=O) groups excluding carboxylic acids is 1. The highest BCUT2D eigenvalue weighted by Crippen LogP contribution is 2.40. The van der Waals surface area contributed by atoms with Gasteiger partial charge in [-0.05, 0) is 62.7 Å². The van der Waals surface area contributed by atoms with E-state index in [1.54, 1.807) is 6.08 Å². The summed E-state index contributed by atoms with van der Waals surface area (Å²) in [5.41, 5.74) is 5.18. The summed E-state index contributed by atoms with van der Waals surface area (Å²) >= 11 is 0. The molecule has 0 spiro atoms. The fourth-order valence-corrected chi connectivity index (χ4v) is 3.10. The van der Waals surface area contributed by atoms with Crippen LogP contribution in [0.15, 0.2) is 58.7 Å². The second-order valence-electron chi connectivity index (χ2n) is 9.04. The molecule has 1 aliphatic rings. The molecule has 25 heavy (non-hydrogen) atoms. The minimum absolute atomic E-state index is 0.164. The van der Waals surface area contributed by atoms with Gasteiger partial charge in [0, 0.05) is 5.41 Å². The number of hydrogen-bond acceptors (Lipinski definition) is 1. The van der Waals surface area contributed by atoms with Gasteiger partial charge in [0.1, 0.15) is 0 Å². The van der Waals surface area contributed by atoms with Crippen molar-refractivity contribution >= 4 is 5.78 Å². The minimum atomic E-state index is -0.317. The molecule has 0 heterocycles. The van der Waals surface area contributed by atoms with E-state index >= 15 is 0 Å². The first-order valence-corrected chi connectivity index (χ1v) is 9.39. The Hall–Kier alpha value is -1.63. The average molecular weight is 341 g/mol. The Balaban J connectivity index is 2.79. The molecule has 0 aromatic heterocycles. The molecule has 0 bridgehead atoms. The molecular formula is C24H36O. The second kappa shape index (κ2) is 8.65. The Kier molecular flexibility index (Phi) is 7.41. The minimum Gasteiger partial charge on any atom is -0.294 e. The summed E-state index contributed by atoms with van der Waals surface area (Å²) < 4.78 is 0. The van der Waals surface area contributed by atoms with Crippen LogP contribution in [0.4, 0.5) is 0 Å². The average Bonchev–Trinajstić information content (AvgIpc) is 2.44. The standard InChI is InChI=1S/C24H36O/c1-18(11-9-12-19(2)17-22(25)23(4,5)6)14-15-21-20(3)13-10-16-24(21,7)8/h9,11-12,14-15,17H,10,13,16H2,1-8H3/b12-9+,15-14+,18-11+,19-17+. The molecular weight excluding hydrogens is 304 g/mol. The lowest BCUT2D eigenvalue weighted by Gasteiger charge is -2.32. The third-order valence-electron chi connectivity index (χ3n) is 4.87. The van der Waals surface area contributed by atoms with Gasteiger partial charge in [-0.1, -0.05) is 76.1 Å². The van der Waals surface area contributed by atoms with Crippen LogP contribution in [0.2, 0.25) is 0 Å². The number of carbonyl (C=O) groups is 1. The maximum Gasteiger partial charge on any atom is 0.161 e. The maximum atomic E-state index is 12.0. The summed E-state index contributed by atoms with van der Waals surface area (Å²) in [6, 6.07) is 0. The van der Waals surface area contributed by atoms with Crippen molar-refractivity contribution in [2.45, 2.75) is 74.7 Å². The number of ketones is 1. The highest BCUT2D eigenvalue weighted by atomic mass is 16.1. The van der Waals surface area contributed by atoms with Gasteiger partial charge < -0.3 is 0 Å². The summed E-state index contributed by atoms with van der Waals surface area (Å²) in [6.45, 7) is 16.9. The third kappa shape index (κ3) is 7.02. The van der Waals surface area contributed by atoms with E-state index in [1.165, 1.54) is 36.0 Å². The molecule has 0 radical (unpaired) electrons. The van der Waals surface area contributed by atoms with Crippen LogP contribution in [0.25, 0.3) is 0 Å². The predicted molar refractivity (Wildman–Crippen MR) is 111 cm³/mol. The highest BCUT2D eigenvalue weighted by Gasteiger charge is 2.26. The molecule has 0 aromatic rings. The third-order valence-corrected chi connectivity index (χ3v) is 4.87. The summed E-state index contributed by atoms with van der Waals surface area (Å²) in [4.78, 5) is 12.0. The van der Waals surface area contributed by atoms with E-state index in [4.69, 9.17) is 0 Å². The molecule has 0 atom stereocenters. The van der Waals surface area contributed by atoms with Gasteiger partial charge in [-0.3, -0.25) is 4.79 Å². The Labute approximate surface area is 155 Å². The zero-order valence-corrected chi connectivity index (χ0v) is 17.5. The molecule has 0 saturated carbocycles. The Morgan fingerprint density at radius 2 is 1.72 bits per heavy atom. The molecule has 0 aliphatic heterocycles. The van der Waals surface area contributed by atoms with Crippen molar-refractivity contribution in [1.29, 1.82) is 0 Å². The van der Waals surface area contributed by atoms with Crippen molar-refractivity contribution in [2.24, 2.45) is 10.8 Å². The van der Waals surface area contributed by atoms with E-state index in [0.717, 1.165) is 5.57 Å². The fourth-order valence-electron chi connectivity index (χ4n) is 3.10. The van der Waals surface area contributed by atoms with E-state index in [1.807, 2.05) is 39.8 Å². The van der Waals surface area contributed by atoms with Gasteiger partial charge in [-0.2, -0.15) is 0 Å². The van der Waals surface area contributed by atoms with Crippen molar-refractivity contribution in [3.63, 3.8) is 0 Å². The Morgan fingerprint density at radius 3 is 2.28 bits per heavy atom. The summed E-state index contributed by atoms with van der Waals surface area (Å²) in [5.74, 6) is 0.164. The van der Waals surface area contributed by atoms with Crippen LogP contribution in [-0.4, -0.2) is 5.78 Å². The molecule has 0 N–H and O–H groups in total. The van der Waals surface area contributed by atoms with Crippen LogP contribution in [0.1, 0.15) is 74.7 Å². The first kappa shape index (κ1) is 21.4. The topological polar surface area (TPSA) is 17.1 Å². The molecule has 0 fully saturated rings. The first-order valence-electron chi connectivity index (χ1n) is 9.39. The van der Waals surface area contributed by atoms with Gasteiger partial charge in [0.25, 0.3) is 0 Å². The summed E-state index contributed by atoms with van der Waals surface area (Å²) in [7, 11) is 0. The van der Waals surface area contributed by atoms with Crippen molar-refractivity contribution in [3.05, 3.63) is 58.7 Å². The van der Waals surface area contributed by atoms with Crippen molar-refractivity contribution in [2.75, 3.05) is 0 Å². The van der Waals surface area contributed by atoms with Gasteiger partial charge in [0.15, 0.2) is 5.78 Å². The number of rotatable bonds is 5. The molecule has 1 heteroatoms. The first-order chi connectivity index (χ1) is 11.4. The van der Waals surface area contributed by atoms with E-state index in [9.17, 15) is 4.79 Å². The van der Waals surface area contributed by atoms with Crippen LogP contribution < -0.4 is 0 Å².